The molecule has 0 aromatic heterocycles. The second-order valence-electron chi connectivity index (χ2n) is 7.05. The molecule has 4 rings (SSSR count). The van der Waals surface area contributed by atoms with Crippen molar-refractivity contribution in [2.45, 2.75) is 18.8 Å². The highest BCUT2D eigenvalue weighted by atomic mass is 32.2. The quantitative estimate of drug-likeness (QED) is 0.516. The Balaban J connectivity index is 1.61. The van der Waals surface area contributed by atoms with Gasteiger partial charge in [0.15, 0.2) is 0 Å². The van der Waals surface area contributed by atoms with Crippen LogP contribution in [0.5, 0.6) is 5.75 Å². The lowest BCUT2D eigenvalue weighted by atomic mass is 10.1. The van der Waals surface area contributed by atoms with E-state index in [9.17, 15) is 8.42 Å². The van der Waals surface area contributed by atoms with Gasteiger partial charge in [-0.05, 0) is 54.4 Å². The summed E-state index contributed by atoms with van der Waals surface area (Å²) >= 11 is 0. The van der Waals surface area contributed by atoms with Crippen LogP contribution in [0.1, 0.15) is 11.1 Å². The molecule has 1 aliphatic rings. The molecule has 3 aromatic rings. The third kappa shape index (κ3) is 4.78. The maximum Gasteiger partial charge on any atom is 0.243 e. The Labute approximate surface area is 171 Å². The normalized spacial score (nSPS) is 15.7. The number of ether oxygens (including phenoxy) is 2. The van der Waals surface area contributed by atoms with Crippen molar-refractivity contribution in [2.24, 2.45) is 0 Å². The van der Waals surface area contributed by atoms with E-state index in [4.69, 9.17) is 9.47 Å². The highest BCUT2D eigenvalue weighted by Gasteiger charge is 2.26. The van der Waals surface area contributed by atoms with E-state index >= 15 is 0 Å². The first-order valence-electron chi connectivity index (χ1n) is 9.50. The summed E-state index contributed by atoms with van der Waals surface area (Å²) in [5.74, 6) is 0.622. The average Bonchev–Trinajstić information content (AvgIpc) is 3.54. The average molecular weight is 410 g/mol. The highest BCUT2D eigenvalue weighted by Crippen LogP contribution is 2.31. The topological polar surface area (TPSA) is 59.1 Å². The van der Waals surface area contributed by atoms with Crippen molar-refractivity contribution in [1.82, 2.24) is 0 Å². The van der Waals surface area contributed by atoms with Crippen molar-refractivity contribution in [3.63, 3.8) is 0 Å². The molecule has 0 spiro atoms. The van der Waals surface area contributed by atoms with Gasteiger partial charge < -0.3 is 9.47 Å². The number of aryl methyl sites for hydroxylation is 1. The van der Waals surface area contributed by atoms with Gasteiger partial charge in [-0.15, -0.1) is 0 Å². The van der Waals surface area contributed by atoms with Gasteiger partial charge in [0.2, 0.25) is 10.0 Å². The maximum atomic E-state index is 13.4. The third-order valence-corrected chi connectivity index (χ3v) is 6.40. The summed E-state index contributed by atoms with van der Waals surface area (Å²) in [5.41, 5.74) is 2.85. The fraction of sp³-hybridized carbons (Fsp3) is 0.217. The van der Waals surface area contributed by atoms with Crippen LogP contribution >= 0.6 is 0 Å². The fourth-order valence-electron chi connectivity index (χ4n) is 3.13. The van der Waals surface area contributed by atoms with E-state index in [0.29, 0.717) is 18.0 Å². The van der Waals surface area contributed by atoms with Crippen LogP contribution in [0.15, 0.2) is 78.9 Å². The summed E-state index contributed by atoms with van der Waals surface area (Å²) in [4.78, 5) is 0. The minimum atomic E-state index is -3.66. The molecule has 0 aliphatic carbocycles. The van der Waals surface area contributed by atoms with Gasteiger partial charge in [-0.1, -0.05) is 42.5 Å². The standard InChI is InChI=1S/C23H23NO4S/c1-18-14-22(27-15-23-16-28-23)13-12-19(18)17-29(25,26)24(20-8-4-2-5-9-20)21-10-6-3-7-11-21/h2-14,23H,15-17H2,1H3. The van der Waals surface area contributed by atoms with Gasteiger partial charge >= 0.3 is 0 Å². The van der Waals surface area contributed by atoms with E-state index in [2.05, 4.69) is 0 Å². The molecule has 29 heavy (non-hydrogen) atoms. The van der Waals surface area contributed by atoms with Crippen LogP contribution in [0.3, 0.4) is 0 Å². The van der Waals surface area contributed by atoms with Crippen LogP contribution in [0.4, 0.5) is 11.4 Å². The number of sulfonamides is 1. The van der Waals surface area contributed by atoms with Crippen LogP contribution in [-0.4, -0.2) is 27.7 Å². The van der Waals surface area contributed by atoms with Crippen LogP contribution < -0.4 is 9.04 Å². The van der Waals surface area contributed by atoms with E-state index in [-0.39, 0.29) is 11.9 Å². The Morgan fingerprint density at radius 3 is 2.07 bits per heavy atom. The number of benzene rings is 3. The number of para-hydroxylation sites is 2. The van der Waals surface area contributed by atoms with Gasteiger partial charge in [-0.3, -0.25) is 0 Å². The SMILES string of the molecule is Cc1cc(OCC2CO2)ccc1CS(=O)(=O)N(c1ccccc1)c1ccccc1. The summed E-state index contributed by atoms with van der Waals surface area (Å²) in [6, 6.07) is 23.8. The number of hydrogen-bond donors (Lipinski definition) is 0. The zero-order valence-electron chi connectivity index (χ0n) is 16.2. The number of nitrogens with zero attached hydrogens (tertiary/aromatic N) is 1. The van der Waals surface area contributed by atoms with E-state index in [1.54, 1.807) is 24.3 Å². The molecule has 0 amide bonds. The highest BCUT2D eigenvalue weighted by molar-refractivity contribution is 7.92. The zero-order chi connectivity index (χ0) is 20.3. The lowest BCUT2D eigenvalue weighted by molar-refractivity contribution is 0.263. The van der Waals surface area contributed by atoms with E-state index < -0.39 is 10.0 Å². The molecule has 0 radical (unpaired) electrons. The smallest absolute Gasteiger partial charge is 0.243 e. The Hall–Kier alpha value is -2.83. The summed E-state index contributed by atoms with van der Waals surface area (Å²) in [5, 5.41) is 0. The van der Waals surface area contributed by atoms with Crippen LogP contribution in [0.2, 0.25) is 0 Å². The molecule has 1 unspecified atom stereocenters. The molecule has 0 bridgehead atoms. The molecular weight excluding hydrogens is 386 g/mol. The first-order chi connectivity index (χ1) is 14.0. The van der Waals surface area contributed by atoms with E-state index in [1.807, 2.05) is 61.5 Å². The van der Waals surface area contributed by atoms with Crippen molar-refractivity contribution >= 4 is 21.4 Å². The molecule has 5 nitrogen and oxygen atoms in total. The second-order valence-corrected chi connectivity index (χ2v) is 8.86. The van der Waals surface area contributed by atoms with Gasteiger partial charge in [0, 0.05) is 0 Å². The third-order valence-electron chi connectivity index (χ3n) is 4.75. The van der Waals surface area contributed by atoms with Crippen molar-refractivity contribution in [3.05, 3.63) is 90.0 Å². The minimum Gasteiger partial charge on any atom is -0.491 e. The lowest BCUT2D eigenvalue weighted by Crippen LogP contribution is -2.27. The molecule has 3 aromatic carbocycles. The maximum absolute atomic E-state index is 13.4. The Bertz CT molecular complexity index is 1030. The Morgan fingerprint density at radius 1 is 0.966 bits per heavy atom. The number of hydrogen-bond acceptors (Lipinski definition) is 4. The Morgan fingerprint density at radius 2 is 1.55 bits per heavy atom. The molecular formula is C23H23NO4S. The van der Waals surface area contributed by atoms with Crippen molar-refractivity contribution in [2.75, 3.05) is 17.5 Å². The molecule has 1 heterocycles. The second kappa shape index (κ2) is 8.27. The molecule has 150 valence electrons. The molecule has 0 N–H and O–H groups in total. The van der Waals surface area contributed by atoms with E-state index in [1.165, 1.54) is 4.31 Å². The van der Waals surface area contributed by atoms with Crippen molar-refractivity contribution in [3.8, 4) is 5.75 Å². The van der Waals surface area contributed by atoms with Gasteiger partial charge in [0.25, 0.3) is 0 Å². The van der Waals surface area contributed by atoms with E-state index in [0.717, 1.165) is 23.5 Å². The van der Waals surface area contributed by atoms with Crippen molar-refractivity contribution in [1.29, 1.82) is 0 Å². The number of anilines is 2. The largest absolute Gasteiger partial charge is 0.491 e. The number of epoxide rings is 1. The Kier molecular flexibility index (Phi) is 5.56. The molecule has 1 saturated heterocycles. The summed E-state index contributed by atoms with van der Waals surface area (Å²) in [6.07, 6.45) is 0.181. The fourth-order valence-corrected chi connectivity index (χ4v) is 4.86. The van der Waals surface area contributed by atoms with Crippen LogP contribution in [0, 0.1) is 6.92 Å². The van der Waals surface area contributed by atoms with Gasteiger partial charge in [-0.2, -0.15) is 0 Å². The first-order valence-corrected chi connectivity index (χ1v) is 11.1. The van der Waals surface area contributed by atoms with Gasteiger partial charge in [-0.25, -0.2) is 12.7 Å². The number of rotatable bonds is 8. The van der Waals surface area contributed by atoms with Crippen LogP contribution in [0.25, 0.3) is 0 Å². The summed E-state index contributed by atoms with van der Waals surface area (Å²) < 4.78 is 39.1. The molecule has 0 saturated carbocycles. The predicted molar refractivity (Wildman–Crippen MR) is 114 cm³/mol. The van der Waals surface area contributed by atoms with Crippen LogP contribution in [-0.2, 0) is 20.5 Å². The first kappa shape index (κ1) is 19.5. The molecule has 1 aliphatic heterocycles. The molecule has 6 heteroatoms. The van der Waals surface area contributed by atoms with Gasteiger partial charge in [0.1, 0.15) is 18.5 Å². The molecule has 1 fully saturated rings. The molecule has 1 atom stereocenters. The monoisotopic (exact) mass is 409 g/mol. The van der Waals surface area contributed by atoms with Gasteiger partial charge in [0.05, 0.1) is 23.7 Å². The lowest BCUT2D eigenvalue weighted by Gasteiger charge is -2.25. The minimum absolute atomic E-state index is 0.103. The van der Waals surface area contributed by atoms with Crippen molar-refractivity contribution < 1.29 is 17.9 Å². The zero-order valence-corrected chi connectivity index (χ0v) is 17.0. The summed E-state index contributed by atoms with van der Waals surface area (Å²) in [6.45, 7) is 3.16. The summed E-state index contributed by atoms with van der Waals surface area (Å²) in [7, 11) is -3.66. The predicted octanol–water partition coefficient (Wildman–Crippen LogP) is 4.44.